The first-order valence-electron chi connectivity index (χ1n) is 9.94. The highest BCUT2D eigenvalue weighted by Gasteiger charge is 2.38. The lowest BCUT2D eigenvalue weighted by atomic mass is 10.1. The standard InChI is InChI=1S/C19H19ClF3N7O3S/c1-34(32,33)29-4-5-30(14(9-29)18(31)27-10-19(21,22)23)15-2-3-24-17(28-15)13-8-26-16-12(13)6-11(20)7-25-16/h2-3,6-8,14H,4-5,9-10H2,1H3,(H,25,26)(H,27,31). The Kier molecular flexibility index (Phi) is 6.40. The zero-order chi connectivity index (χ0) is 24.7. The number of hydrogen-bond donors (Lipinski definition) is 2. The lowest BCUT2D eigenvalue weighted by Gasteiger charge is -2.40. The third-order valence-electron chi connectivity index (χ3n) is 5.25. The number of rotatable bonds is 5. The number of pyridine rings is 1. The minimum Gasteiger partial charge on any atom is -0.345 e. The van der Waals surface area contributed by atoms with Crippen molar-refractivity contribution in [1.82, 2.24) is 29.6 Å². The lowest BCUT2D eigenvalue weighted by Crippen LogP contribution is -2.60. The van der Waals surface area contributed by atoms with Crippen LogP contribution in [0.15, 0.2) is 30.7 Å². The number of hydrogen-bond acceptors (Lipinski definition) is 7. The predicted molar refractivity (Wildman–Crippen MR) is 119 cm³/mol. The van der Waals surface area contributed by atoms with Crippen LogP contribution < -0.4 is 10.2 Å². The van der Waals surface area contributed by atoms with Gasteiger partial charge in [-0.3, -0.25) is 4.79 Å². The minimum absolute atomic E-state index is 0.0355. The molecule has 2 N–H and O–H groups in total. The predicted octanol–water partition coefficient (Wildman–Crippen LogP) is 1.80. The van der Waals surface area contributed by atoms with Crippen LogP contribution in [0, 0.1) is 0 Å². The van der Waals surface area contributed by atoms with Crippen LogP contribution in [0.1, 0.15) is 0 Å². The molecule has 0 radical (unpaired) electrons. The Hall–Kier alpha value is -2.97. The Morgan fingerprint density at radius 1 is 1.32 bits per heavy atom. The van der Waals surface area contributed by atoms with Gasteiger partial charge in [-0.05, 0) is 12.1 Å². The van der Waals surface area contributed by atoms with Crippen LogP contribution >= 0.6 is 11.6 Å². The van der Waals surface area contributed by atoms with Gasteiger partial charge >= 0.3 is 6.18 Å². The van der Waals surface area contributed by atoms with E-state index in [1.807, 2.05) is 5.32 Å². The van der Waals surface area contributed by atoms with E-state index in [0.29, 0.717) is 21.6 Å². The van der Waals surface area contributed by atoms with E-state index >= 15 is 0 Å². The number of halogens is 4. The number of alkyl halides is 3. The minimum atomic E-state index is -4.61. The molecule has 1 amide bonds. The van der Waals surface area contributed by atoms with Gasteiger partial charge < -0.3 is 15.2 Å². The van der Waals surface area contributed by atoms with E-state index in [0.717, 1.165) is 10.6 Å². The van der Waals surface area contributed by atoms with Crippen LogP contribution in [0.5, 0.6) is 0 Å². The highest BCUT2D eigenvalue weighted by atomic mass is 35.5. The van der Waals surface area contributed by atoms with Crippen molar-refractivity contribution in [3.05, 3.63) is 35.7 Å². The number of H-pyrrole nitrogens is 1. The van der Waals surface area contributed by atoms with E-state index in [1.54, 1.807) is 12.3 Å². The summed E-state index contributed by atoms with van der Waals surface area (Å²) < 4.78 is 63.1. The molecule has 3 aromatic rings. The summed E-state index contributed by atoms with van der Waals surface area (Å²) in [6.45, 7) is -1.79. The Labute approximate surface area is 197 Å². The molecule has 1 fully saturated rings. The van der Waals surface area contributed by atoms with Crippen LogP contribution in [0.4, 0.5) is 19.0 Å². The average molecular weight is 518 g/mol. The van der Waals surface area contributed by atoms with Crippen LogP contribution in [0.2, 0.25) is 5.02 Å². The van der Waals surface area contributed by atoms with Crippen LogP contribution in [0.3, 0.4) is 0 Å². The summed E-state index contributed by atoms with van der Waals surface area (Å²) in [5.74, 6) is -0.434. The first-order valence-corrected chi connectivity index (χ1v) is 12.2. The molecule has 1 aliphatic heterocycles. The highest BCUT2D eigenvalue weighted by Crippen LogP contribution is 2.29. The van der Waals surface area contributed by atoms with Crippen molar-refractivity contribution in [3.63, 3.8) is 0 Å². The van der Waals surface area contributed by atoms with Crippen LogP contribution in [-0.2, 0) is 14.8 Å². The number of fused-ring (bicyclic) bond motifs is 1. The maximum atomic E-state index is 12.7. The van der Waals surface area contributed by atoms with E-state index in [9.17, 15) is 26.4 Å². The summed E-state index contributed by atoms with van der Waals surface area (Å²) in [5, 5.41) is 2.90. The lowest BCUT2D eigenvalue weighted by molar-refractivity contribution is -0.139. The van der Waals surface area contributed by atoms with Crippen LogP contribution in [0.25, 0.3) is 22.4 Å². The van der Waals surface area contributed by atoms with E-state index in [-0.39, 0.29) is 31.3 Å². The molecule has 0 aromatic carbocycles. The number of carbonyl (C=O) groups is 1. The molecule has 0 spiro atoms. The first-order chi connectivity index (χ1) is 15.9. The Morgan fingerprint density at radius 2 is 2.09 bits per heavy atom. The molecule has 0 bridgehead atoms. The van der Waals surface area contributed by atoms with Gasteiger partial charge in [-0.25, -0.2) is 23.4 Å². The molecule has 3 aromatic heterocycles. The molecule has 4 heterocycles. The van der Waals surface area contributed by atoms with E-state index < -0.39 is 34.7 Å². The SMILES string of the molecule is CS(=O)(=O)N1CCN(c2ccnc(-c3c[nH]c4ncc(Cl)cc34)n2)C(C(=O)NCC(F)(F)F)C1. The summed E-state index contributed by atoms with van der Waals surface area (Å²) >= 11 is 6.05. The quantitative estimate of drug-likeness (QED) is 0.529. The number of nitrogens with zero attached hydrogens (tertiary/aromatic N) is 5. The molecule has 1 saturated heterocycles. The second kappa shape index (κ2) is 9.00. The molecule has 182 valence electrons. The maximum Gasteiger partial charge on any atom is 0.405 e. The fourth-order valence-corrected chi connectivity index (χ4v) is 4.65. The molecule has 34 heavy (non-hydrogen) atoms. The number of piperazine rings is 1. The van der Waals surface area contributed by atoms with Gasteiger partial charge in [0.1, 0.15) is 24.1 Å². The largest absolute Gasteiger partial charge is 0.405 e. The number of sulfonamides is 1. The molecule has 0 aliphatic carbocycles. The molecule has 0 saturated carbocycles. The highest BCUT2D eigenvalue weighted by molar-refractivity contribution is 7.88. The van der Waals surface area contributed by atoms with Gasteiger partial charge in [-0.1, -0.05) is 11.6 Å². The fraction of sp³-hybridized carbons (Fsp3) is 0.368. The summed E-state index contributed by atoms with van der Waals surface area (Å²) in [6.07, 6.45) is 0.932. The van der Waals surface area contributed by atoms with Gasteiger partial charge in [-0.2, -0.15) is 17.5 Å². The number of aromatic nitrogens is 4. The third-order valence-corrected chi connectivity index (χ3v) is 6.73. The molecule has 15 heteroatoms. The van der Waals surface area contributed by atoms with E-state index in [2.05, 4.69) is 19.9 Å². The fourth-order valence-electron chi connectivity index (χ4n) is 3.66. The van der Waals surface area contributed by atoms with Crippen molar-refractivity contribution in [2.24, 2.45) is 0 Å². The second-order valence-corrected chi connectivity index (χ2v) is 10.1. The smallest absolute Gasteiger partial charge is 0.345 e. The monoisotopic (exact) mass is 517 g/mol. The van der Waals surface area contributed by atoms with Crippen molar-refractivity contribution in [3.8, 4) is 11.4 Å². The Balaban J connectivity index is 1.68. The zero-order valence-electron chi connectivity index (χ0n) is 17.7. The summed E-state index contributed by atoms with van der Waals surface area (Å²) in [6, 6.07) is 1.96. The number of anilines is 1. The van der Waals surface area contributed by atoms with Crippen molar-refractivity contribution in [2.75, 3.05) is 37.3 Å². The number of aromatic amines is 1. The molecular weight excluding hydrogens is 499 g/mol. The number of nitrogens with one attached hydrogen (secondary N) is 2. The molecular formula is C19H19ClF3N7O3S. The first kappa shape index (κ1) is 24.2. The van der Waals surface area contributed by atoms with E-state index in [1.165, 1.54) is 23.4 Å². The third kappa shape index (κ3) is 5.23. The molecule has 10 nitrogen and oxygen atoms in total. The maximum absolute atomic E-state index is 12.7. The topological polar surface area (TPSA) is 124 Å². The van der Waals surface area contributed by atoms with Crippen molar-refractivity contribution < 1.29 is 26.4 Å². The van der Waals surface area contributed by atoms with Crippen LogP contribution in [-0.4, -0.2) is 83.2 Å². The zero-order valence-corrected chi connectivity index (χ0v) is 19.2. The van der Waals surface area contributed by atoms with Gasteiger partial charge in [0, 0.05) is 49.2 Å². The Bertz CT molecular complexity index is 1330. The molecule has 4 rings (SSSR count). The molecule has 1 atom stereocenters. The second-order valence-electron chi connectivity index (χ2n) is 7.65. The van der Waals surface area contributed by atoms with Gasteiger partial charge in [0.15, 0.2) is 5.82 Å². The van der Waals surface area contributed by atoms with Crippen molar-refractivity contribution in [1.29, 1.82) is 0 Å². The number of carbonyl (C=O) groups excluding carboxylic acids is 1. The van der Waals surface area contributed by atoms with Gasteiger partial charge in [-0.15, -0.1) is 0 Å². The van der Waals surface area contributed by atoms with Gasteiger partial charge in [0.2, 0.25) is 15.9 Å². The van der Waals surface area contributed by atoms with Gasteiger partial charge in [0.05, 0.1) is 11.3 Å². The number of amides is 1. The Morgan fingerprint density at radius 3 is 2.79 bits per heavy atom. The molecule has 1 aliphatic rings. The summed E-state index contributed by atoms with van der Waals surface area (Å²) in [4.78, 5) is 30.1. The van der Waals surface area contributed by atoms with Gasteiger partial charge in [0.25, 0.3) is 0 Å². The summed E-state index contributed by atoms with van der Waals surface area (Å²) in [7, 11) is -3.67. The normalized spacial score (nSPS) is 17.8. The van der Waals surface area contributed by atoms with E-state index in [4.69, 9.17) is 11.6 Å². The van der Waals surface area contributed by atoms with Crippen molar-refractivity contribution >= 4 is 44.4 Å². The average Bonchev–Trinajstić information content (AvgIpc) is 3.19. The van der Waals surface area contributed by atoms with Crippen molar-refractivity contribution in [2.45, 2.75) is 12.2 Å². The molecule has 1 unspecified atom stereocenters. The summed E-state index contributed by atoms with van der Waals surface area (Å²) in [5.41, 5.74) is 1.14.